The number of β-amino-alcohol motifs (C(OH)–C–C–N with tert-alkyl or cyclic N) is 1. The van der Waals surface area contributed by atoms with E-state index in [4.69, 9.17) is 4.52 Å². The Hall–Kier alpha value is -1.10. The lowest BCUT2D eigenvalue weighted by molar-refractivity contribution is 0.0443. The van der Waals surface area contributed by atoms with E-state index in [0.717, 1.165) is 25.3 Å². The smallest absolute Gasteiger partial charge is 0.266 e. The van der Waals surface area contributed by atoms with Crippen LogP contribution in [0.1, 0.15) is 38.5 Å². The van der Waals surface area contributed by atoms with Crippen molar-refractivity contribution in [3.05, 3.63) is 5.89 Å². The third-order valence-electron chi connectivity index (χ3n) is 3.71. The Kier molecular flexibility index (Phi) is 2.01. The van der Waals surface area contributed by atoms with Crippen molar-refractivity contribution >= 4 is 5.95 Å². The van der Waals surface area contributed by atoms with E-state index in [1.54, 1.807) is 0 Å². The first-order valence-electron chi connectivity index (χ1n) is 5.87. The molecular formula is C11H17N3O2. The first kappa shape index (κ1) is 10.1. The summed E-state index contributed by atoms with van der Waals surface area (Å²) in [6.45, 7) is 5.27. The summed E-state index contributed by atoms with van der Waals surface area (Å²) in [7, 11) is 0. The summed E-state index contributed by atoms with van der Waals surface area (Å²) in [6, 6.07) is 0. The number of hydrogen-bond acceptors (Lipinski definition) is 5. The zero-order valence-corrected chi connectivity index (χ0v) is 9.68. The molecule has 2 unspecified atom stereocenters. The summed E-state index contributed by atoms with van der Waals surface area (Å²) in [4.78, 5) is 6.39. The van der Waals surface area contributed by atoms with Gasteiger partial charge in [0, 0.05) is 24.9 Å². The predicted octanol–water partition coefficient (Wildman–Crippen LogP) is 1.15. The number of nitrogens with zero attached hydrogens (tertiary/aromatic N) is 3. The van der Waals surface area contributed by atoms with Crippen LogP contribution in [0.2, 0.25) is 0 Å². The molecule has 5 nitrogen and oxygen atoms in total. The van der Waals surface area contributed by atoms with E-state index in [1.807, 2.05) is 18.7 Å². The maximum Gasteiger partial charge on any atom is 0.266 e. The van der Waals surface area contributed by atoms with E-state index < -0.39 is 5.60 Å². The highest BCUT2D eigenvalue weighted by Gasteiger charge is 2.40. The SMILES string of the molecule is CC1CN(c2noc(C3CC3)n2)CC1(C)O. The van der Waals surface area contributed by atoms with Gasteiger partial charge in [0.2, 0.25) is 5.89 Å². The molecule has 1 saturated heterocycles. The van der Waals surface area contributed by atoms with Gasteiger partial charge in [-0.15, -0.1) is 0 Å². The molecule has 0 bridgehead atoms. The minimum atomic E-state index is -0.652. The number of rotatable bonds is 2. The van der Waals surface area contributed by atoms with Crippen molar-refractivity contribution in [2.75, 3.05) is 18.0 Å². The summed E-state index contributed by atoms with van der Waals surface area (Å²) >= 11 is 0. The number of anilines is 1. The molecule has 2 aliphatic rings. The number of aliphatic hydroxyl groups is 1. The van der Waals surface area contributed by atoms with Crippen LogP contribution in [0, 0.1) is 5.92 Å². The Balaban J connectivity index is 1.77. The molecule has 88 valence electrons. The molecule has 1 aliphatic heterocycles. The maximum absolute atomic E-state index is 10.1. The fourth-order valence-electron chi connectivity index (χ4n) is 2.14. The lowest BCUT2D eigenvalue weighted by Gasteiger charge is -2.19. The molecule has 5 heteroatoms. The van der Waals surface area contributed by atoms with Crippen molar-refractivity contribution in [3.8, 4) is 0 Å². The summed E-state index contributed by atoms with van der Waals surface area (Å²) < 4.78 is 5.22. The summed E-state index contributed by atoms with van der Waals surface area (Å²) in [5, 5.41) is 14.1. The highest BCUT2D eigenvalue weighted by Crippen LogP contribution is 2.40. The Labute approximate surface area is 94.4 Å². The van der Waals surface area contributed by atoms with E-state index in [9.17, 15) is 5.11 Å². The van der Waals surface area contributed by atoms with Crippen LogP contribution in [0.25, 0.3) is 0 Å². The Morgan fingerprint density at radius 2 is 2.25 bits per heavy atom. The van der Waals surface area contributed by atoms with Crippen LogP contribution in [-0.4, -0.2) is 33.9 Å². The number of aromatic nitrogens is 2. The first-order valence-corrected chi connectivity index (χ1v) is 5.87. The van der Waals surface area contributed by atoms with E-state index in [2.05, 4.69) is 10.1 Å². The van der Waals surface area contributed by atoms with Crippen LogP contribution in [0.15, 0.2) is 4.52 Å². The van der Waals surface area contributed by atoms with Crippen LogP contribution in [0.3, 0.4) is 0 Å². The van der Waals surface area contributed by atoms with Gasteiger partial charge in [-0.1, -0.05) is 6.92 Å². The molecule has 16 heavy (non-hydrogen) atoms. The number of hydrogen-bond donors (Lipinski definition) is 1. The fraction of sp³-hybridized carbons (Fsp3) is 0.818. The molecule has 1 aliphatic carbocycles. The maximum atomic E-state index is 10.1. The zero-order valence-electron chi connectivity index (χ0n) is 9.68. The largest absolute Gasteiger partial charge is 0.388 e. The zero-order chi connectivity index (χ0) is 11.3. The van der Waals surface area contributed by atoms with Gasteiger partial charge in [-0.25, -0.2) is 0 Å². The third kappa shape index (κ3) is 1.59. The molecule has 0 amide bonds. The van der Waals surface area contributed by atoms with Crippen molar-refractivity contribution in [2.24, 2.45) is 5.92 Å². The quantitative estimate of drug-likeness (QED) is 0.815. The van der Waals surface area contributed by atoms with Crippen LogP contribution in [0.5, 0.6) is 0 Å². The van der Waals surface area contributed by atoms with Gasteiger partial charge in [-0.05, 0) is 24.9 Å². The van der Waals surface area contributed by atoms with Gasteiger partial charge in [-0.3, -0.25) is 0 Å². The van der Waals surface area contributed by atoms with E-state index in [0.29, 0.717) is 18.4 Å². The van der Waals surface area contributed by atoms with Crippen molar-refractivity contribution < 1.29 is 9.63 Å². The summed E-state index contributed by atoms with van der Waals surface area (Å²) in [5.41, 5.74) is -0.652. The predicted molar refractivity (Wildman–Crippen MR) is 58.3 cm³/mol. The van der Waals surface area contributed by atoms with E-state index in [-0.39, 0.29) is 5.92 Å². The van der Waals surface area contributed by atoms with Gasteiger partial charge < -0.3 is 14.5 Å². The van der Waals surface area contributed by atoms with Gasteiger partial charge >= 0.3 is 0 Å². The van der Waals surface area contributed by atoms with Crippen LogP contribution in [-0.2, 0) is 0 Å². The highest BCUT2D eigenvalue weighted by molar-refractivity contribution is 5.33. The van der Waals surface area contributed by atoms with E-state index in [1.165, 1.54) is 0 Å². The average molecular weight is 223 g/mol. The topological polar surface area (TPSA) is 62.4 Å². The highest BCUT2D eigenvalue weighted by atomic mass is 16.5. The lowest BCUT2D eigenvalue weighted by Crippen LogP contribution is -2.33. The second-order valence-corrected chi connectivity index (χ2v) is 5.35. The molecule has 1 N–H and O–H groups in total. The summed E-state index contributed by atoms with van der Waals surface area (Å²) in [6.07, 6.45) is 2.32. The molecule has 2 fully saturated rings. The molecule has 0 radical (unpaired) electrons. The minimum Gasteiger partial charge on any atom is -0.388 e. The minimum absolute atomic E-state index is 0.232. The second-order valence-electron chi connectivity index (χ2n) is 5.35. The van der Waals surface area contributed by atoms with Crippen LogP contribution >= 0.6 is 0 Å². The molecule has 3 rings (SSSR count). The first-order chi connectivity index (χ1) is 7.56. The normalized spacial score (nSPS) is 34.7. The Morgan fingerprint density at radius 3 is 2.81 bits per heavy atom. The molecule has 2 atom stereocenters. The van der Waals surface area contributed by atoms with Crippen molar-refractivity contribution in [2.45, 2.75) is 38.2 Å². The van der Waals surface area contributed by atoms with Crippen molar-refractivity contribution in [1.82, 2.24) is 10.1 Å². The lowest BCUT2D eigenvalue weighted by atomic mass is 9.95. The molecular weight excluding hydrogens is 206 g/mol. The molecule has 1 aromatic heterocycles. The molecule has 1 aromatic rings. The van der Waals surface area contributed by atoms with Crippen molar-refractivity contribution in [3.63, 3.8) is 0 Å². The Morgan fingerprint density at radius 1 is 1.50 bits per heavy atom. The van der Waals surface area contributed by atoms with Gasteiger partial charge in [0.15, 0.2) is 0 Å². The van der Waals surface area contributed by atoms with Crippen LogP contribution < -0.4 is 4.90 Å². The van der Waals surface area contributed by atoms with Gasteiger partial charge in [0.05, 0.1) is 5.60 Å². The monoisotopic (exact) mass is 223 g/mol. The standard InChI is InChI=1S/C11H17N3O2/c1-7-5-14(6-11(7,2)15)10-12-9(16-13-10)8-3-4-8/h7-8,15H,3-6H2,1-2H3. The average Bonchev–Trinajstić information content (AvgIpc) is 2.88. The fourth-order valence-corrected chi connectivity index (χ4v) is 2.14. The van der Waals surface area contributed by atoms with Crippen molar-refractivity contribution in [1.29, 1.82) is 0 Å². The summed E-state index contributed by atoms with van der Waals surface area (Å²) in [5.74, 6) is 2.11. The molecule has 0 spiro atoms. The molecule has 1 saturated carbocycles. The molecule has 2 heterocycles. The van der Waals surface area contributed by atoms with Gasteiger partial charge in [-0.2, -0.15) is 4.98 Å². The second kappa shape index (κ2) is 3.20. The van der Waals surface area contributed by atoms with E-state index >= 15 is 0 Å². The van der Waals surface area contributed by atoms with Crippen LogP contribution in [0.4, 0.5) is 5.95 Å². The Bertz CT molecular complexity index is 398. The molecule has 0 aromatic carbocycles. The third-order valence-corrected chi connectivity index (χ3v) is 3.71. The van der Waals surface area contributed by atoms with Gasteiger partial charge in [0.25, 0.3) is 5.95 Å². The van der Waals surface area contributed by atoms with Gasteiger partial charge in [0.1, 0.15) is 0 Å².